The molecule has 0 aliphatic heterocycles. The van der Waals surface area contributed by atoms with Crippen LogP contribution in [-0.2, 0) is 16.6 Å². The molecule has 0 radical (unpaired) electrons. The summed E-state index contributed by atoms with van der Waals surface area (Å²) >= 11 is 6.05. The molecule has 0 atom stereocenters. The van der Waals surface area contributed by atoms with Crippen LogP contribution in [0.1, 0.15) is 24.2 Å². The Kier molecular flexibility index (Phi) is 4.59. The summed E-state index contributed by atoms with van der Waals surface area (Å²) in [5.74, 6) is 1.16. The number of aromatic nitrogens is 3. The topological polar surface area (TPSA) is 75.0 Å². The van der Waals surface area contributed by atoms with Crippen LogP contribution < -0.4 is 0 Å². The van der Waals surface area contributed by atoms with Gasteiger partial charge in [0.25, 0.3) is 5.89 Å². The molecule has 5 rings (SSSR count). The van der Waals surface area contributed by atoms with Crippen LogP contribution in [0.5, 0.6) is 0 Å². The van der Waals surface area contributed by atoms with E-state index < -0.39 is 0 Å². The monoisotopic (exact) mass is 420 g/mol. The number of hydrogen-bond acceptors (Lipinski definition) is 4. The van der Waals surface area contributed by atoms with Crippen LogP contribution in [-0.4, -0.2) is 39.5 Å². The molecular formula is C23H21ClN4O2. The first-order valence-corrected chi connectivity index (χ1v) is 10.4. The summed E-state index contributed by atoms with van der Waals surface area (Å²) in [6.07, 6.45) is 2.33. The van der Waals surface area contributed by atoms with Gasteiger partial charge in [0.1, 0.15) is 5.69 Å². The Hall–Kier alpha value is -3.12. The molecule has 4 aromatic rings. The molecular weight excluding hydrogens is 400 g/mol. The molecule has 30 heavy (non-hydrogen) atoms. The van der Waals surface area contributed by atoms with Gasteiger partial charge in [0.15, 0.2) is 5.82 Å². The molecule has 7 heteroatoms. The highest BCUT2D eigenvalue weighted by atomic mass is 35.5. The molecule has 1 N–H and O–H groups in total. The van der Waals surface area contributed by atoms with Crippen LogP contribution in [0.15, 0.2) is 59.1 Å². The molecule has 1 aliphatic carbocycles. The minimum absolute atomic E-state index is 0.157. The molecule has 0 unspecified atom stereocenters. The van der Waals surface area contributed by atoms with Gasteiger partial charge >= 0.3 is 0 Å². The number of hydrogen-bond donors (Lipinski definition) is 1. The number of rotatable bonds is 6. The number of nitrogens with zero attached hydrogens (tertiary/aromatic N) is 3. The van der Waals surface area contributed by atoms with Gasteiger partial charge in [0.2, 0.25) is 5.91 Å². The molecule has 6 nitrogen and oxygen atoms in total. The standard InChI is InChI=1S/C23H21ClN4O2/c1-28(22(29)23(10-11-23)16-5-3-2-4-6-16)12-9-20-26-21(30-27-20)19-14-15-13-17(24)7-8-18(15)25-19/h2-8,13-14,25H,9-12H2,1H3. The highest BCUT2D eigenvalue weighted by Gasteiger charge is 2.52. The lowest BCUT2D eigenvalue weighted by molar-refractivity contribution is -0.132. The number of fused-ring (bicyclic) bond motifs is 1. The van der Waals surface area contributed by atoms with Crippen molar-refractivity contribution in [3.05, 3.63) is 71.0 Å². The van der Waals surface area contributed by atoms with Crippen molar-refractivity contribution in [2.45, 2.75) is 24.7 Å². The SMILES string of the molecule is CN(CCc1noc(-c2cc3cc(Cl)ccc3[nH]2)n1)C(=O)C1(c2ccccc2)CC1. The average molecular weight is 421 g/mol. The number of carbonyl (C=O) groups is 1. The van der Waals surface area contributed by atoms with Gasteiger partial charge in [0.05, 0.1) is 5.41 Å². The predicted molar refractivity (Wildman–Crippen MR) is 115 cm³/mol. The van der Waals surface area contributed by atoms with E-state index in [0.29, 0.717) is 29.7 Å². The van der Waals surface area contributed by atoms with Gasteiger partial charge in [0, 0.05) is 35.9 Å². The smallest absolute Gasteiger partial charge is 0.274 e. The number of halogens is 1. The van der Waals surface area contributed by atoms with Crippen molar-refractivity contribution in [1.29, 1.82) is 0 Å². The van der Waals surface area contributed by atoms with E-state index in [-0.39, 0.29) is 11.3 Å². The fourth-order valence-corrected chi connectivity index (χ4v) is 4.11. The second-order valence-electron chi connectivity index (χ2n) is 7.86. The fourth-order valence-electron chi connectivity index (χ4n) is 3.93. The largest absolute Gasteiger partial charge is 0.351 e. The zero-order valence-electron chi connectivity index (χ0n) is 16.6. The lowest BCUT2D eigenvalue weighted by Crippen LogP contribution is -2.37. The molecule has 2 heterocycles. The molecule has 2 aromatic carbocycles. The first-order valence-electron chi connectivity index (χ1n) is 9.97. The fraction of sp³-hybridized carbons (Fsp3) is 0.261. The molecule has 1 amide bonds. The summed E-state index contributed by atoms with van der Waals surface area (Å²) < 4.78 is 5.42. The van der Waals surface area contributed by atoms with Gasteiger partial charge in [-0.15, -0.1) is 0 Å². The van der Waals surface area contributed by atoms with E-state index in [2.05, 4.69) is 15.1 Å². The first kappa shape index (κ1) is 18.9. The number of aromatic amines is 1. The zero-order valence-corrected chi connectivity index (χ0v) is 17.3. The van der Waals surface area contributed by atoms with Gasteiger partial charge in [-0.2, -0.15) is 4.98 Å². The summed E-state index contributed by atoms with van der Waals surface area (Å²) in [6, 6.07) is 17.6. The van der Waals surface area contributed by atoms with Gasteiger partial charge in [-0.3, -0.25) is 4.79 Å². The molecule has 1 saturated carbocycles. The van der Waals surface area contributed by atoms with E-state index in [1.54, 1.807) is 4.90 Å². The van der Waals surface area contributed by atoms with E-state index in [9.17, 15) is 4.79 Å². The van der Waals surface area contributed by atoms with E-state index >= 15 is 0 Å². The summed E-state index contributed by atoms with van der Waals surface area (Å²) in [5, 5.41) is 5.74. The second-order valence-corrected chi connectivity index (χ2v) is 8.29. The molecule has 1 fully saturated rings. The highest BCUT2D eigenvalue weighted by Crippen LogP contribution is 2.49. The van der Waals surface area contributed by atoms with E-state index in [4.69, 9.17) is 16.1 Å². The Morgan fingerprint density at radius 1 is 1.20 bits per heavy atom. The second kappa shape index (κ2) is 7.29. The minimum atomic E-state index is -0.357. The van der Waals surface area contributed by atoms with E-state index in [0.717, 1.165) is 35.0 Å². The number of benzene rings is 2. The number of amides is 1. The highest BCUT2D eigenvalue weighted by molar-refractivity contribution is 6.31. The van der Waals surface area contributed by atoms with Gasteiger partial charge in [-0.05, 0) is 42.7 Å². The van der Waals surface area contributed by atoms with Crippen molar-refractivity contribution < 1.29 is 9.32 Å². The lowest BCUT2D eigenvalue weighted by atomic mass is 9.94. The van der Waals surface area contributed by atoms with Crippen molar-refractivity contribution in [2.24, 2.45) is 0 Å². The molecule has 2 aromatic heterocycles. The maximum absolute atomic E-state index is 13.0. The molecule has 152 valence electrons. The number of H-pyrrole nitrogens is 1. The Balaban J connectivity index is 1.26. The summed E-state index contributed by atoms with van der Waals surface area (Å²) in [5.41, 5.74) is 2.44. The number of carbonyl (C=O) groups excluding carboxylic acids is 1. The van der Waals surface area contributed by atoms with Crippen LogP contribution in [0.25, 0.3) is 22.5 Å². The number of likely N-dealkylation sites (N-methyl/N-ethyl adjacent to an activating group) is 1. The molecule has 0 spiro atoms. The molecule has 0 saturated heterocycles. The third kappa shape index (κ3) is 3.37. The Bertz CT molecular complexity index is 1210. The van der Waals surface area contributed by atoms with Gasteiger partial charge in [-0.25, -0.2) is 0 Å². The average Bonchev–Trinajstić information content (AvgIpc) is 3.25. The first-order chi connectivity index (χ1) is 14.5. The van der Waals surface area contributed by atoms with Crippen molar-refractivity contribution in [1.82, 2.24) is 20.0 Å². The van der Waals surface area contributed by atoms with Gasteiger partial charge in [-0.1, -0.05) is 47.1 Å². The van der Waals surface area contributed by atoms with Crippen LogP contribution >= 0.6 is 11.6 Å². The van der Waals surface area contributed by atoms with Crippen molar-refractivity contribution in [3.63, 3.8) is 0 Å². The zero-order chi connectivity index (χ0) is 20.7. The Labute approximate surface area is 178 Å². The third-order valence-corrected chi connectivity index (χ3v) is 6.02. The van der Waals surface area contributed by atoms with Crippen LogP contribution in [0.2, 0.25) is 5.02 Å². The summed E-state index contributed by atoms with van der Waals surface area (Å²) in [7, 11) is 1.84. The van der Waals surface area contributed by atoms with Crippen LogP contribution in [0, 0.1) is 0 Å². The number of nitrogens with one attached hydrogen (secondary N) is 1. The van der Waals surface area contributed by atoms with Crippen molar-refractivity contribution >= 4 is 28.4 Å². The van der Waals surface area contributed by atoms with Crippen molar-refractivity contribution in [3.8, 4) is 11.6 Å². The normalized spacial score (nSPS) is 14.7. The van der Waals surface area contributed by atoms with E-state index in [1.165, 1.54) is 0 Å². The van der Waals surface area contributed by atoms with E-state index in [1.807, 2.05) is 61.6 Å². The van der Waals surface area contributed by atoms with Crippen LogP contribution in [0.3, 0.4) is 0 Å². The lowest BCUT2D eigenvalue weighted by Gasteiger charge is -2.23. The maximum Gasteiger partial charge on any atom is 0.274 e. The predicted octanol–water partition coefficient (Wildman–Crippen LogP) is 4.60. The third-order valence-electron chi connectivity index (χ3n) is 5.78. The minimum Gasteiger partial charge on any atom is -0.351 e. The molecule has 1 aliphatic rings. The summed E-state index contributed by atoms with van der Waals surface area (Å²) in [4.78, 5) is 22.6. The van der Waals surface area contributed by atoms with Gasteiger partial charge < -0.3 is 14.4 Å². The van der Waals surface area contributed by atoms with Crippen molar-refractivity contribution in [2.75, 3.05) is 13.6 Å². The summed E-state index contributed by atoms with van der Waals surface area (Å²) in [6.45, 7) is 0.536. The quantitative estimate of drug-likeness (QED) is 0.494. The van der Waals surface area contributed by atoms with Crippen LogP contribution in [0.4, 0.5) is 0 Å². The molecule has 0 bridgehead atoms. The Morgan fingerprint density at radius 2 is 2.00 bits per heavy atom. The maximum atomic E-state index is 13.0. The Morgan fingerprint density at radius 3 is 2.77 bits per heavy atom.